The van der Waals surface area contributed by atoms with Gasteiger partial charge in [0.2, 0.25) is 0 Å². The Morgan fingerprint density at radius 3 is 2.62 bits per heavy atom. The van der Waals surface area contributed by atoms with Crippen molar-refractivity contribution in [2.24, 2.45) is 5.92 Å². The molecule has 88 valence electrons. The molecule has 0 saturated heterocycles. The van der Waals surface area contributed by atoms with E-state index in [0.717, 1.165) is 37.8 Å². The first-order chi connectivity index (χ1) is 7.88. The first-order valence-electron chi connectivity index (χ1n) is 6.31. The maximum atomic E-state index is 5.65. The minimum Gasteiger partial charge on any atom is -0.492 e. The molecule has 1 aliphatic rings. The Kier molecular flexibility index (Phi) is 4.23. The number of rotatable bonds is 7. The zero-order valence-corrected chi connectivity index (χ0v) is 10.0. The predicted molar refractivity (Wildman–Crippen MR) is 66.9 cm³/mol. The molecular formula is C14H21NO. The van der Waals surface area contributed by atoms with E-state index < -0.39 is 0 Å². The number of aryl methyl sites for hydroxylation is 1. The molecule has 1 aromatic carbocycles. The molecule has 0 unspecified atom stereocenters. The van der Waals surface area contributed by atoms with Crippen LogP contribution < -0.4 is 10.1 Å². The second-order valence-corrected chi connectivity index (χ2v) is 4.49. The number of hydrogen-bond donors (Lipinski definition) is 1. The van der Waals surface area contributed by atoms with Crippen molar-refractivity contribution in [2.45, 2.75) is 26.2 Å². The highest BCUT2D eigenvalue weighted by Crippen LogP contribution is 2.27. The zero-order valence-electron chi connectivity index (χ0n) is 10.0. The highest BCUT2D eigenvalue weighted by molar-refractivity contribution is 5.27. The predicted octanol–water partition coefficient (Wildman–Crippen LogP) is 2.63. The lowest BCUT2D eigenvalue weighted by atomic mass is 10.2. The van der Waals surface area contributed by atoms with Gasteiger partial charge in [-0.1, -0.05) is 19.1 Å². The van der Waals surface area contributed by atoms with Crippen molar-refractivity contribution in [1.29, 1.82) is 0 Å². The summed E-state index contributed by atoms with van der Waals surface area (Å²) in [6.45, 7) is 5.04. The van der Waals surface area contributed by atoms with Crippen molar-refractivity contribution in [3.8, 4) is 5.75 Å². The van der Waals surface area contributed by atoms with Crippen molar-refractivity contribution in [2.75, 3.05) is 19.7 Å². The molecule has 0 aromatic heterocycles. The van der Waals surface area contributed by atoms with Crippen LogP contribution in [-0.4, -0.2) is 19.7 Å². The van der Waals surface area contributed by atoms with Gasteiger partial charge in [-0.3, -0.25) is 0 Å². The van der Waals surface area contributed by atoms with Crippen molar-refractivity contribution < 1.29 is 4.74 Å². The molecule has 1 aromatic rings. The van der Waals surface area contributed by atoms with Crippen molar-refractivity contribution in [3.05, 3.63) is 29.8 Å². The number of nitrogens with one attached hydrogen (secondary N) is 1. The van der Waals surface area contributed by atoms with Gasteiger partial charge in [0.05, 0.1) is 0 Å². The molecule has 0 heterocycles. The molecule has 2 rings (SSSR count). The topological polar surface area (TPSA) is 21.3 Å². The Morgan fingerprint density at radius 1 is 1.25 bits per heavy atom. The minimum atomic E-state index is 0.762. The average molecular weight is 219 g/mol. The highest BCUT2D eigenvalue weighted by Gasteiger charge is 2.19. The molecule has 1 saturated carbocycles. The van der Waals surface area contributed by atoms with Crippen molar-refractivity contribution >= 4 is 0 Å². The van der Waals surface area contributed by atoms with Crippen LogP contribution in [0.3, 0.4) is 0 Å². The van der Waals surface area contributed by atoms with Crippen LogP contribution in [0, 0.1) is 5.92 Å². The molecule has 0 radical (unpaired) electrons. The molecule has 1 aliphatic carbocycles. The molecule has 0 bridgehead atoms. The smallest absolute Gasteiger partial charge is 0.119 e. The van der Waals surface area contributed by atoms with Gasteiger partial charge in [-0.05, 0) is 49.4 Å². The van der Waals surface area contributed by atoms with E-state index in [1.54, 1.807) is 0 Å². The Balaban J connectivity index is 1.60. The van der Waals surface area contributed by atoms with Gasteiger partial charge in [-0.15, -0.1) is 0 Å². The van der Waals surface area contributed by atoms with E-state index in [9.17, 15) is 0 Å². The minimum absolute atomic E-state index is 0.762. The first kappa shape index (κ1) is 11.5. The molecular weight excluding hydrogens is 198 g/mol. The van der Waals surface area contributed by atoms with Crippen molar-refractivity contribution in [1.82, 2.24) is 5.32 Å². The number of ether oxygens (including phenoxy) is 1. The van der Waals surface area contributed by atoms with Crippen LogP contribution in [0.1, 0.15) is 25.3 Å². The van der Waals surface area contributed by atoms with Gasteiger partial charge in [-0.2, -0.15) is 0 Å². The molecule has 2 heteroatoms. The van der Waals surface area contributed by atoms with E-state index in [-0.39, 0.29) is 0 Å². The molecule has 16 heavy (non-hydrogen) atoms. The lowest BCUT2D eigenvalue weighted by Gasteiger charge is -2.07. The standard InChI is InChI=1S/C14H21NO/c1-2-12-5-7-14(8-6-12)16-10-9-15-11-13-3-4-13/h5-8,13,15H,2-4,9-11H2,1H3. The van der Waals surface area contributed by atoms with E-state index in [4.69, 9.17) is 4.74 Å². The Labute approximate surface area is 98.0 Å². The highest BCUT2D eigenvalue weighted by atomic mass is 16.5. The largest absolute Gasteiger partial charge is 0.492 e. The molecule has 1 N–H and O–H groups in total. The van der Waals surface area contributed by atoms with Gasteiger partial charge in [0.15, 0.2) is 0 Å². The van der Waals surface area contributed by atoms with Crippen LogP contribution in [0.5, 0.6) is 5.75 Å². The van der Waals surface area contributed by atoms with Gasteiger partial charge < -0.3 is 10.1 Å². The van der Waals surface area contributed by atoms with E-state index in [0.29, 0.717) is 0 Å². The molecule has 2 nitrogen and oxygen atoms in total. The normalized spacial score (nSPS) is 15.1. The Morgan fingerprint density at radius 2 is 2.00 bits per heavy atom. The van der Waals surface area contributed by atoms with Crippen molar-refractivity contribution in [3.63, 3.8) is 0 Å². The lowest BCUT2D eigenvalue weighted by Crippen LogP contribution is -2.23. The molecule has 0 atom stereocenters. The second kappa shape index (κ2) is 5.90. The molecule has 0 spiro atoms. The van der Waals surface area contributed by atoms with Crippen LogP contribution in [0.4, 0.5) is 0 Å². The van der Waals surface area contributed by atoms with Crippen LogP contribution in [0.25, 0.3) is 0 Å². The van der Waals surface area contributed by atoms with Gasteiger partial charge >= 0.3 is 0 Å². The molecule has 1 fully saturated rings. The lowest BCUT2D eigenvalue weighted by molar-refractivity contribution is 0.313. The Bertz CT molecular complexity index is 303. The van der Waals surface area contributed by atoms with E-state index in [1.165, 1.54) is 18.4 Å². The first-order valence-corrected chi connectivity index (χ1v) is 6.31. The second-order valence-electron chi connectivity index (χ2n) is 4.49. The molecule has 0 aliphatic heterocycles. The third kappa shape index (κ3) is 3.86. The fraction of sp³-hybridized carbons (Fsp3) is 0.571. The van der Waals surface area contributed by atoms with E-state index in [1.807, 2.05) is 0 Å². The van der Waals surface area contributed by atoms with E-state index >= 15 is 0 Å². The third-order valence-electron chi connectivity index (χ3n) is 3.01. The Hall–Kier alpha value is -1.02. The van der Waals surface area contributed by atoms with Gasteiger partial charge in [0.25, 0.3) is 0 Å². The summed E-state index contributed by atoms with van der Waals surface area (Å²) in [4.78, 5) is 0. The average Bonchev–Trinajstić information content (AvgIpc) is 3.13. The van der Waals surface area contributed by atoms with E-state index in [2.05, 4.69) is 36.5 Å². The van der Waals surface area contributed by atoms with Crippen LogP contribution in [0.15, 0.2) is 24.3 Å². The van der Waals surface area contributed by atoms with Gasteiger partial charge in [-0.25, -0.2) is 0 Å². The SMILES string of the molecule is CCc1ccc(OCCNCC2CC2)cc1. The van der Waals surface area contributed by atoms with Gasteiger partial charge in [0.1, 0.15) is 12.4 Å². The van der Waals surface area contributed by atoms with Gasteiger partial charge in [0, 0.05) is 6.54 Å². The third-order valence-corrected chi connectivity index (χ3v) is 3.01. The summed E-state index contributed by atoms with van der Waals surface area (Å²) >= 11 is 0. The maximum absolute atomic E-state index is 5.65. The zero-order chi connectivity index (χ0) is 11.2. The fourth-order valence-corrected chi connectivity index (χ4v) is 1.69. The summed E-state index contributed by atoms with van der Waals surface area (Å²) in [7, 11) is 0. The van der Waals surface area contributed by atoms with Crippen LogP contribution in [-0.2, 0) is 6.42 Å². The fourth-order valence-electron chi connectivity index (χ4n) is 1.69. The quantitative estimate of drug-likeness (QED) is 0.712. The molecule has 0 amide bonds. The van der Waals surface area contributed by atoms with Crippen LogP contribution in [0.2, 0.25) is 0 Å². The summed E-state index contributed by atoms with van der Waals surface area (Å²) in [5.74, 6) is 1.93. The summed E-state index contributed by atoms with van der Waals surface area (Å²) in [5, 5.41) is 3.42. The number of hydrogen-bond acceptors (Lipinski definition) is 2. The summed E-state index contributed by atoms with van der Waals surface area (Å²) in [5.41, 5.74) is 1.36. The number of benzene rings is 1. The summed E-state index contributed by atoms with van der Waals surface area (Å²) < 4.78 is 5.65. The summed E-state index contributed by atoms with van der Waals surface area (Å²) in [6.07, 6.45) is 3.90. The van der Waals surface area contributed by atoms with Crippen LogP contribution >= 0.6 is 0 Å². The monoisotopic (exact) mass is 219 g/mol. The maximum Gasteiger partial charge on any atom is 0.119 e. The summed E-state index contributed by atoms with van der Waals surface area (Å²) in [6, 6.07) is 8.37.